The Morgan fingerprint density at radius 2 is 1.81 bits per heavy atom. The van der Waals surface area contributed by atoms with Crippen LogP contribution < -0.4 is 10.6 Å². The van der Waals surface area contributed by atoms with Crippen molar-refractivity contribution in [1.29, 1.82) is 0 Å². The van der Waals surface area contributed by atoms with Gasteiger partial charge in [0, 0.05) is 25.6 Å². The average Bonchev–Trinajstić information content (AvgIpc) is 2.16. The Bertz CT molecular complexity index is 217. The highest BCUT2D eigenvalue weighted by molar-refractivity contribution is 5.76. The molecule has 0 fully saturated rings. The Balaban J connectivity index is 3.33. The lowest BCUT2D eigenvalue weighted by Crippen LogP contribution is -2.33. The number of hydrogen-bond donors (Lipinski definition) is 2. The van der Waals surface area contributed by atoms with Crippen molar-refractivity contribution in [3.8, 4) is 0 Å². The number of esters is 1. The summed E-state index contributed by atoms with van der Waals surface area (Å²) in [5, 5.41) is 5.81. The molecule has 0 saturated carbocycles. The minimum atomic E-state index is -0.207. The Morgan fingerprint density at radius 3 is 2.38 bits per heavy atom. The number of carbonyl (C=O) groups excluding carboxylic acids is 2. The fourth-order valence-electron chi connectivity index (χ4n) is 1.14. The van der Waals surface area contributed by atoms with Crippen LogP contribution in [0.15, 0.2) is 0 Å². The summed E-state index contributed by atoms with van der Waals surface area (Å²) in [6.07, 6.45) is 0.778. The van der Waals surface area contributed by atoms with E-state index in [0.717, 1.165) is 0 Å². The third-order valence-corrected chi connectivity index (χ3v) is 1.79. The van der Waals surface area contributed by atoms with E-state index in [9.17, 15) is 9.59 Å². The van der Waals surface area contributed by atoms with Crippen molar-refractivity contribution >= 4 is 11.9 Å². The van der Waals surface area contributed by atoms with Crippen molar-refractivity contribution in [2.24, 2.45) is 0 Å². The maximum atomic E-state index is 11.2. The van der Waals surface area contributed by atoms with Gasteiger partial charge in [-0.05, 0) is 20.8 Å². The number of hydrogen-bond acceptors (Lipinski definition) is 4. The van der Waals surface area contributed by atoms with Gasteiger partial charge in [-0.3, -0.25) is 9.59 Å². The summed E-state index contributed by atoms with van der Waals surface area (Å²) in [6.45, 7) is 7.17. The van der Waals surface area contributed by atoms with Gasteiger partial charge in [0.25, 0.3) is 0 Å². The third kappa shape index (κ3) is 9.45. The fraction of sp³-hybridized carbons (Fsp3) is 0.818. The molecule has 0 atom stereocenters. The van der Waals surface area contributed by atoms with Gasteiger partial charge < -0.3 is 15.4 Å². The standard InChI is InChI=1S/C11H22N2O3/c1-4-16-11(15)6-8-12-7-5-10(14)13-9(2)3/h9,12H,4-8H2,1-3H3,(H,13,14). The van der Waals surface area contributed by atoms with Crippen LogP contribution in [0, 0.1) is 0 Å². The summed E-state index contributed by atoms with van der Waals surface area (Å²) in [7, 11) is 0. The van der Waals surface area contributed by atoms with E-state index in [0.29, 0.717) is 32.5 Å². The molecule has 0 unspecified atom stereocenters. The lowest BCUT2D eigenvalue weighted by atomic mass is 10.3. The molecule has 0 bridgehead atoms. The maximum Gasteiger partial charge on any atom is 0.307 e. The lowest BCUT2D eigenvalue weighted by molar-refractivity contribution is -0.142. The van der Waals surface area contributed by atoms with E-state index in [1.165, 1.54) is 0 Å². The summed E-state index contributed by atoms with van der Waals surface area (Å²) in [4.78, 5) is 22.2. The van der Waals surface area contributed by atoms with Crippen LogP contribution >= 0.6 is 0 Å². The van der Waals surface area contributed by atoms with E-state index < -0.39 is 0 Å². The number of rotatable bonds is 8. The molecule has 0 aromatic carbocycles. The monoisotopic (exact) mass is 230 g/mol. The van der Waals surface area contributed by atoms with Gasteiger partial charge in [-0.1, -0.05) is 0 Å². The van der Waals surface area contributed by atoms with E-state index in [2.05, 4.69) is 10.6 Å². The topological polar surface area (TPSA) is 67.4 Å². The van der Waals surface area contributed by atoms with Crippen LogP contribution in [-0.4, -0.2) is 37.6 Å². The van der Waals surface area contributed by atoms with Crippen LogP contribution in [0.3, 0.4) is 0 Å². The first-order valence-corrected chi connectivity index (χ1v) is 5.72. The van der Waals surface area contributed by atoms with Gasteiger partial charge in [0.05, 0.1) is 13.0 Å². The zero-order valence-electron chi connectivity index (χ0n) is 10.3. The van der Waals surface area contributed by atoms with Crippen LogP contribution in [-0.2, 0) is 14.3 Å². The van der Waals surface area contributed by atoms with Gasteiger partial charge >= 0.3 is 5.97 Å². The molecule has 16 heavy (non-hydrogen) atoms. The molecule has 0 aromatic heterocycles. The van der Waals surface area contributed by atoms with Crippen molar-refractivity contribution in [1.82, 2.24) is 10.6 Å². The van der Waals surface area contributed by atoms with Crippen molar-refractivity contribution in [2.75, 3.05) is 19.7 Å². The van der Waals surface area contributed by atoms with Crippen molar-refractivity contribution in [3.05, 3.63) is 0 Å². The maximum absolute atomic E-state index is 11.2. The first-order chi connectivity index (χ1) is 7.56. The molecular formula is C11H22N2O3. The van der Waals surface area contributed by atoms with Crippen LogP contribution in [0.2, 0.25) is 0 Å². The fourth-order valence-corrected chi connectivity index (χ4v) is 1.14. The SMILES string of the molecule is CCOC(=O)CCNCCC(=O)NC(C)C. The second kappa shape index (κ2) is 9.15. The molecule has 0 aliphatic rings. The Hall–Kier alpha value is -1.10. The van der Waals surface area contributed by atoms with Gasteiger partial charge in [0.1, 0.15) is 0 Å². The second-order valence-corrected chi connectivity index (χ2v) is 3.78. The molecule has 0 rings (SSSR count). The molecule has 0 aliphatic heterocycles. The predicted molar refractivity (Wildman–Crippen MR) is 62.0 cm³/mol. The third-order valence-electron chi connectivity index (χ3n) is 1.79. The molecule has 2 N–H and O–H groups in total. The quantitative estimate of drug-likeness (QED) is 0.469. The summed E-state index contributed by atoms with van der Waals surface area (Å²) in [5.74, 6) is -0.180. The summed E-state index contributed by atoms with van der Waals surface area (Å²) >= 11 is 0. The summed E-state index contributed by atoms with van der Waals surface area (Å²) < 4.78 is 4.76. The number of ether oxygens (including phenoxy) is 1. The van der Waals surface area contributed by atoms with Gasteiger partial charge in [-0.15, -0.1) is 0 Å². The van der Waals surface area contributed by atoms with Crippen LogP contribution in [0.5, 0.6) is 0 Å². The Kier molecular flexibility index (Phi) is 8.52. The molecule has 94 valence electrons. The Labute approximate surface area is 96.9 Å². The first kappa shape index (κ1) is 14.9. The minimum absolute atomic E-state index is 0.0265. The largest absolute Gasteiger partial charge is 0.466 e. The van der Waals surface area contributed by atoms with Crippen LogP contribution in [0.1, 0.15) is 33.6 Å². The second-order valence-electron chi connectivity index (χ2n) is 3.78. The highest BCUT2D eigenvalue weighted by atomic mass is 16.5. The molecule has 0 aromatic rings. The van der Waals surface area contributed by atoms with Crippen molar-refractivity contribution in [3.63, 3.8) is 0 Å². The molecule has 0 radical (unpaired) electrons. The molecule has 0 saturated heterocycles. The summed E-state index contributed by atoms with van der Waals surface area (Å²) in [5.41, 5.74) is 0. The molecule has 0 aliphatic carbocycles. The summed E-state index contributed by atoms with van der Waals surface area (Å²) in [6, 6.07) is 0.173. The molecular weight excluding hydrogens is 208 g/mol. The molecule has 1 amide bonds. The average molecular weight is 230 g/mol. The van der Waals surface area contributed by atoms with Gasteiger partial charge in [-0.25, -0.2) is 0 Å². The van der Waals surface area contributed by atoms with Crippen molar-refractivity contribution < 1.29 is 14.3 Å². The van der Waals surface area contributed by atoms with E-state index >= 15 is 0 Å². The van der Waals surface area contributed by atoms with E-state index in [-0.39, 0.29) is 17.9 Å². The molecule has 5 heteroatoms. The van der Waals surface area contributed by atoms with Crippen LogP contribution in [0.4, 0.5) is 0 Å². The smallest absolute Gasteiger partial charge is 0.307 e. The van der Waals surface area contributed by atoms with Gasteiger partial charge in [-0.2, -0.15) is 0 Å². The Morgan fingerprint density at radius 1 is 1.19 bits per heavy atom. The minimum Gasteiger partial charge on any atom is -0.466 e. The highest BCUT2D eigenvalue weighted by Crippen LogP contribution is 1.85. The predicted octanol–water partition coefficient (Wildman–Crippen LogP) is 0.444. The van der Waals surface area contributed by atoms with E-state index in [4.69, 9.17) is 4.74 Å². The normalized spacial score (nSPS) is 10.2. The number of carbonyl (C=O) groups is 2. The lowest BCUT2D eigenvalue weighted by Gasteiger charge is -2.08. The number of nitrogens with one attached hydrogen (secondary N) is 2. The number of amides is 1. The van der Waals surface area contributed by atoms with Gasteiger partial charge in [0.2, 0.25) is 5.91 Å². The molecule has 0 spiro atoms. The van der Waals surface area contributed by atoms with E-state index in [1.54, 1.807) is 6.92 Å². The zero-order chi connectivity index (χ0) is 12.4. The van der Waals surface area contributed by atoms with Crippen molar-refractivity contribution in [2.45, 2.75) is 39.7 Å². The molecule has 0 heterocycles. The first-order valence-electron chi connectivity index (χ1n) is 5.72. The van der Waals surface area contributed by atoms with Crippen LogP contribution in [0.25, 0.3) is 0 Å². The van der Waals surface area contributed by atoms with Gasteiger partial charge in [0.15, 0.2) is 0 Å². The highest BCUT2D eigenvalue weighted by Gasteiger charge is 2.03. The molecule has 5 nitrogen and oxygen atoms in total. The van der Waals surface area contributed by atoms with E-state index in [1.807, 2.05) is 13.8 Å². The zero-order valence-corrected chi connectivity index (χ0v) is 10.3.